The van der Waals surface area contributed by atoms with Crippen molar-refractivity contribution in [2.45, 2.75) is 76.1 Å². The fraction of sp³-hybridized carbons (Fsp3) is 0.600. The van der Waals surface area contributed by atoms with Gasteiger partial charge < -0.3 is 19.7 Å². The predicted molar refractivity (Wildman–Crippen MR) is 129 cm³/mol. The maximum atomic E-state index is 12.8. The number of carbonyl (C=O) groups is 4. The summed E-state index contributed by atoms with van der Waals surface area (Å²) >= 11 is 1.47. The summed E-state index contributed by atoms with van der Waals surface area (Å²) < 4.78 is 9.91. The van der Waals surface area contributed by atoms with Gasteiger partial charge in [0.05, 0.1) is 6.42 Å². The molecular formula is C25H34N2O6S. The maximum Gasteiger partial charge on any atom is 0.330 e. The van der Waals surface area contributed by atoms with Gasteiger partial charge in [0.25, 0.3) is 0 Å². The summed E-state index contributed by atoms with van der Waals surface area (Å²) in [4.78, 5) is 51.4. The smallest absolute Gasteiger partial charge is 0.330 e. The van der Waals surface area contributed by atoms with E-state index in [1.165, 1.54) is 16.7 Å². The average Bonchev–Trinajstić information content (AvgIpc) is 3.01. The number of hydrogen-bond acceptors (Lipinski definition) is 7. The number of nitrogens with zero attached hydrogens (tertiary/aromatic N) is 1. The van der Waals surface area contributed by atoms with Crippen LogP contribution in [0.5, 0.6) is 0 Å². The van der Waals surface area contributed by atoms with Crippen LogP contribution < -0.4 is 5.32 Å². The molecular weight excluding hydrogens is 456 g/mol. The monoisotopic (exact) mass is 490 g/mol. The second kappa shape index (κ2) is 10.4. The maximum absolute atomic E-state index is 12.8. The lowest BCUT2D eigenvalue weighted by atomic mass is 9.91. The minimum absolute atomic E-state index is 0.0233. The van der Waals surface area contributed by atoms with Gasteiger partial charge in [-0.25, -0.2) is 4.79 Å². The lowest BCUT2D eigenvalue weighted by Crippen LogP contribution is -2.70. The van der Waals surface area contributed by atoms with E-state index < -0.39 is 22.8 Å². The van der Waals surface area contributed by atoms with Crippen molar-refractivity contribution in [3.05, 3.63) is 35.9 Å². The van der Waals surface area contributed by atoms with Crippen LogP contribution in [-0.4, -0.2) is 64.1 Å². The van der Waals surface area contributed by atoms with Crippen molar-refractivity contribution in [2.75, 3.05) is 13.2 Å². The number of benzene rings is 1. The summed E-state index contributed by atoms with van der Waals surface area (Å²) in [5.41, 5.74) is 0.903. The van der Waals surface area contributed by atoms with E-state index in [2.05, 4.69) is 5.32 Å². The number of thioether (sulfide) groups is 1. The van der Waals surface area contributed by atoms with E-state index in [0.717, 1.165) is 5.56 Å². The predicted octanol–water partition coefficient (Wildman–Crippen LogP) is 2.69. The molecule has 0 aromatic heterocycles. The molecule has 186 valence electrons. The highest BCUT2D eigenvalue weighted by Crippen LogP contribution is 2.51. The third-order valence-electron chi connectivity index (χ3n) is 5.86. The van der Waals surface area contributed by atoms with E-state index in [-0.39, 0.29) is 48.2 Å². The molecule has 3 rings (SSSR count). The van der Waals surface area contributed by atoms with Gasteiger partial charge in [0.2, 0.25) is 11.8 Å². The fourth-order valence-electron chi connectivity index (χ4n) is 4.06. The summed E-state index contributed by atoms with van der Waals surface area (Å²) in [6.07, 6.45) is 1.21. The van der Waals surface area contributed by atoms with Crippen LogP contribution in [0.15, 0.2) is 30.3 Å². The number of amides is 2. The molecule has 0 bridgehead atoms. The van der Waals surface area contributed by atoms with Crippen LogP contribution in [0.4, 0.5) is 0 Å². The van der Waals surface area contributed by atoms with Crippen molar-refractivity contribution in [1.29, 1.82) is 0 Å². The first-order valence-electron chi connectivity index (χ1n) is 11.5. The Morgan fingerprint density at radius 2 is 1.74 bits per heavy atom. The molecule has 2 aliphatic heterocycles. The van der Waals surface area contributed by atoms with E-state index in [1.807, 2.05) is 65.0 Å². The van der Waals surface area contributed by atoms with Crippen molar-refractivity contribution in [3.63, 3.8) is 0 Å². The zero-order valence-electron chi connectivity index (χ0n) is 20.5. The van der Waals surface area contributed by atoms with Crippen LogP contribution >= 0.6 is 11.8 Å². The standard InChI is InChI=1S/C25H34N2O6S/c1-24(2,3)12-11-18(29)32-13-14-33-23(31)20-25(4,5)34-22-19(21(30)27(20)22)26-17(28)15-16-9-7-6-8-10-16/h6-10,19-20,22H,11-15H2,1-5H3,(H,26,28)/t19-,20+,22-/m1/s1. The number of fused-ring (bicyclic) bond motifs is 1. The normalized spacial score (nSPS) is 23.0. The molecule has 3 atom stereocenters. The summed E-state index contributed by atoms with van der Waals surface area (Å²) in [6, 6.07) is 7.87. The van der Waals surface area contributed by atoms with Crippen molar-refractivity contribution in [1.82, 2.24) is 10.2 Å². The van der Waals surface area contributed by atoms with E-state index in [1.54, 1.807) is 0 Å². The Morgan fingerprint density at radius 1 is 1.09 bits per heavy atom. The lowest BCUT2D eigenvalue weighted by molar-refractivity contribution is -0.166. The molecule has 34 heavy (non-hydrogen) atoms. The molecule has 2 heterocycles. The number of esters is 2. The molecule has 8 nitrogen and oxygen atoms in total. The number of β-lactam (4-membered cyclic amide) rings is 1. The molecule has 1 N–H and O–H groups in total. The van der Waals surface area contributed by atoms with Gasteiger partial charge >= 0.3 is 11.9 Å². The van der Waals surface area contributed by atoms with E-state index >= 15 is 0 Å². The second-order valence-corrected chi connectivity index (χ2v) is 12.2. The summed E-state index contributed by atoms with van der Waals surface area (Å²) in [7, 11) is 0. The molecule has 2 fully saturated rings. The highest BCUT2D eigenvalue weighted by Gasteiger charge is 2.64. The zero-order valence-corrected chi connectivity index (χ0v) is 21.3. The first-order chi connectivity index (χ1) is 15.9. The fourth-order valence-corrected chi connectivity index (χ4v) is 5.68. The topological polar surface area (TPSA) is 102 Å². The van der Waals surface area contributed by atoms with Gasteiger partial charge in [0.1, 0.15) is 30.7 Å². The molecule has 0 radical (unpaired) electrons. The molecule has 2 amide bonds. The van der Waals surface area contributed by atoms with Gasteiger partial charge in [0, 0.05) is 11.2 Å². The molecule has 0 unspecified atom stereocenters. The third kappa shape index (κ3) is 6.31. The number of ether oxygens (including phenoxy) is 2. The molecule has 2 saturated heterocycles. The van der Waals surface area contributed by atoms with Crippen molar-refractivity contribution < 1.29 is 28.7 Å². The average molecular weight is 491 g/mol. The van der Waals surface area contributed by atoms with Gasteiger partial charge in [0.15, 0.2) is 0 Å². The van der Waals surface area contributed by atoms with Gasteiger partial charge in [-0.05, 0) is 31.2 Å². The number of hydrogen-bond donors (Lipinski definition) is 1. The Bertz CT molecular complexity index is 927. The summed E-state index contributed by atoms with van der Waals surface area (Å²) in [5.74, 6) is -1.38. The van der Waals surface area contributed by atoms with Crippen molar-refractivity contribution in [3.8, 4) is 0 Å². The Balaban J connectivity index is 1.48. The van der Waals surface area contributed by atoms with E-state index in [9.17, 15) is 19.2 Å². The highest BCUT2D eigenvalue weighted by atomic mass is 32.2. The third-order valence-corrected chi connectivity index (χ3v) is 7.43. The minimum Gasteiger partial charge on any atom is -0.462 e. The number of carbonyl (C=O) groups excluding carboxylic acids is 4. The van der Waals surface area contributed by atoms with Gasteiger partial charge in [-0.1, -0.05) is 51.1 Å². The van der Waals surface area contributed by atoms with Crippen LogP contribution in [0, 0.1) is 5.41 Å². The van der Waals surface area contributed by atoms with Crippen molar-refractivity contribution in [2.24, 2.45) is 5.41 Å². The van der Waals surface area contributed by atoms with E-state index in [4.69, 9.17) is 9.47 Å². The molecule has 9 heteroatoms. The van der Waals surface area contributed by atoms with Crippen molar-refractivity contribution >= 4 is 35.5 Å². The second-order valence-electron chi connectivity index (χ2n) is 10.4. The van der Waals surface area contributed by atoms with Gasteiger partial charge in [-0.15, -0.1) is 11.8 Å². The van der Waals surface area contributed by atoms with Crippen LogP contribution in [0.2, 0.25) is 0 Å². The van der Waals surface area contributed by atoms with Crippen LogP contribution in [0.1, 0.15) is 53.0 Å². The molecule has 0 saturated carbocycles. The van der Waals surface area contributed by atoms with E-state index in [0.29, 0.717) is 12.8 Å². The lowest BCUT2D eigenvalue weighted by Gasteiger charge is -2.43. The Kier molecular flexibility index (Phi) is 7.95. The zero-order chi connectivity index (χ0) is 25.1. The van der Waals surface area contributed by atoms with Crippen LogP contribution in [0.3, 0.4) is 0 Å². The number of nitrogens with one attached hydrogen (secondary N) is 1. The summed E-state index contributed by atoms with van der Waals surface area (Å²) in [6.45, 7) is 9.81. The quantitative estimate of drug-likeness (QED) is 0.323. The van der Waals surface area contributed by atoms with Crippen LogP contribution in [0.25, 0.3) is 0 Å². The largest absolute Gasteiger partial charge is 0.462 e. The SMILES string of the molecule is CC(C)(C)CCC(=O)OCCOC(=O)[C@@H]1N2C(=O)[C@@H](NC(=O)Cc3ccccc3)[C@H]2SC1(C)C. The Hall–Kier alpha value is -2.55. The molecule has 0 spiro atoms. The first-order valence-corrected chi connectivity index (χ1v) is 12.4. The Labute approximate surface area is 205 Å². The molecule has 1 aromatic rings. The molecule has 0 aliphatic carbocycles. The Morgan fingerprint density at radius 3 is 2.38 bits per heavy atom. The first kappa shape index (κ1) is 26.1. The molecule has 2 aliphatic rings. The molecule has 1 aromatic carbocycles. The summed E-state index contributed by atoms with van der Waals surface area (Å²) in [5, 5.41) is 2.49. The number of rotatable bonds is 9. The van der Waals surface area contributed by atoms with Gasteiger partial charge in [-0.3, -0.25) is 14.4 Å². The van der Waals surface area contributed by atoms with Gasteiger partial charge in [-0.2, -0.15) is 0 Å². The minimum atomic E-state index is -0.770. The highest BCUT2D eigenvalue weighted by molar-refractivity contribution is 8.01. The van der Waals surface area contributed by atoms with Crippen LogP contribution in [-0.2, 0) is 35.1 Å².